The Balaban J connectivity index is 1.76. The zero-order valence-corrected chi connectivity index (χ0v) is 14.2. The van der Waals surface area contributed by atoms with E-state index >= 15 is 0 Å². The van der Waals surface area contributed by atoms with Crippen molar-refractivity contribution in [1.29, 1.82) is 0 Å². The molecule has 0 amide bonds. The third kappa shape index (κ3) is 3.94. The van der Waals surface area contributed by atoms with Gasteiger partial charge in [-0.15, -0.1) is 0 Å². The fourth-order valence-corrected chi connectivity index (χ4v) is 3.45. The second kappa shape index (κ2) is 7.18. The first-order valence-corrected chi connectivity index (χ1v) is 8.76. The van der Waals surface area contributed by atoms with E-state index in [1.54, 1.807) is 0 Å². The average Bonchev–Trinajstić information content (AvgIpc) is 2.94. The molecule has 1 aliphatic rings. The van der Waals surface area contributed by atoms with Gasteiger partial charge in [0.2, 0.25) is 0 Å². The van der Waals surface area contributed by atoms with Gasteiger partial charge in [-0.05, 0) is 69.3 Å². The van der Waals surface area contributed by atoms with E-state index in [9.17, 15) is 5.11 Å². The van der Waals surface area contributed by atoms with Crippen LogP contribution in [0.1, 0.15) is 43.9 Å². The van der Waals surface area contributed by atoms with Crippen molar-refractivity contribution in [2.75, 3.05) is 6.54 Å². The molecule has 0 spiro atoms. The molecule has 0 saturated carbocycles. The van der Waals surface area contributed by atoms with Gasteiger partial charge in [-0.1, -0.05) is 12.5 Å². The number of aromatic nitrogens is 2. The van der Waals surface area contributed by atoms with Gasteiger partial charge in [0.25, 0.3) is 0 Å². The number of nitrogens with zero attached hydrogens (tertiary/aromatic N) is 2. The smallest absolute Gasteiger partial charge is 0.116 e. The highest BCUT2D eigenvalue weighted by molar-refractivity contribution is 5.67. The maximum atomic E-state index is 10.1. The van der Waals surface area contributed by atoms with Crippen molar-refractivity contribution in [2.24, 2.45) is 0 Å². The zero-order valence-electron chi connectivity index (χ0n) is 14.2. The van der Waals surface area contributed by atoms with Crippen molar-refractivity contribution in [3.63, 3.8) is 0 Å². The number of aromatic hydroxyl groups is 1. The number of piperidine rings is 1. The second-order valence-electron chi connectivity index (χ2n) is 6.56. The van der Waals surface area contributed by atoms with Crippen molar-refractivity contribution in [3.05, 3.63) is 35.7 Å². The van der Waals surface area contributed by atoms with E-state index < -0.39 is 0 Å². The number of phenols is 1. The molecule has 1 aliphatic heterocycles. The minimum atomic E-state index is 0.345. The Bertz CT molecular complexity index is 657. The number of rotatable bonds is 5. The fraction of sp³-hybridized carbons (Fsp3) is 0.526. The van der Waals surface area contributed by atoms with Crippen LogP contribution in [-0.4, -0.2) is 27.5 Å². The zero-order chi connectivity index (χ0) is 16.2. The largest absolute Gasteiger partial charge is 0.508 e. The lowest BCUT2D eigenvalue weighted by Crippen LogP contribution is -2.34. The van der Waals surface area contributed by atoms with Crippen LogP contribution in [-0.2, 0) is 13.0 Å². The van der Waals surface area contributed by atoms with Crippen molar-refractivity contribution in [3.8, 4) is 16.9 Å². The van der Waals surface area contributed by atoms with Crippen molar-refractivity contribution >= 4 is 0 Å². The first kappa shape index (κ1) is 16.1. The molecule has 1 atom stereocenters. The van der Waals surface area contributed by atoms with Gasteiger partial charge >= 0.3 is 0 Å². The van der Waals surface area contributed by atoms with Crippen LogP contribution in [0.25, 0.3) is 11.1 Å². The molecule has 0 unspecified atom stereocenters. The van der Waals surface area contributed by atoms with Crippen LogP contribution in [0.4, 0.5) is 0 Å². The molecule has 2 N–H and O–H groups in total. The average molecular weight is 313 g/mol. The molecule has 23 heavy (non-hydrogen) atoms. The number of aryl methyl sites for hydroxylation is 3. The third-order valence-corrected chi connectivity index (χ3v) is 4.75. The van der Waals surface area contributed by atoms with Gasteiger partial charge < -0.3 is 10.4 Å². The van der Waals surface area contributed by atoms with Crippen LogP contribution in [0.5, 0.6) is 5.75 Å². The number of hydrogen-bond donors (Lipinski definition) is 2. The molecular formula is C19H27N3O. The number of nitrogens with one attached hydrogen (secondary N) is 1. The van der Waals surface area contributed by atoms with Crippen molar-refractivity contribution in [2.45, 2.75) is 58.5 Å². The fourth-order valence-electron chi connectivity index (χ4n) is 3.45. The van der Waals surface area contributed by atoms with Gasteiger partial charge in [-0.3, -0.25) is 4.68 Å². The molecule has 3 rings (SSSR count). The predicted molar refractivity (Wildman–Crippen MR) is 93.7 cm³/mol. The summed E-state index contributed by atoms with van der Waals surface area (Å²) >= 11 is 0. The Kier molecular flexibility index (Phi) is 5.01. The van der Waals surface area contributed by atoms with Crippen LogP contribution < -0.4 is 5.32 Å². The molecule has 1 fully saturated rings. The summed E-state index contributed by atoms with van der Waals surface area (Å²) in [4.78, 5) is 0. The molecule has 1 saturated heterocycles. The van der Waals surface area contributed by atoms with E-state index in [2.05, 4.69) is 29.6 Å². The van der Waals surface area contributed by atoms with Gasteiger partial charge in [-0.2, -0.15) is 5.10 Å². The molecule has 0 bridgehead atoms. The highest BCUT2D eigenvalue weighted by atomic mass is 16.3. The van der Waals surface area contributed by atoms with E-state index in [0.29, 0.717) is 11.8 Å². The SMILES string of the molecule is CCn1cc(-c2cc(O)cc(CC[C@H]3CCCCN3)c2)c(C)n1. The number of benzene rings is 1. The van der Waals surface area contributed by atoms with Gasteiger partial charge in [0, 0.05) is 24.3 Å². The summed E-state index contributed by atoms with van der Waals surface area (Å²) in [7, 11) is 0. The molecule has 4 heteroatoms. The summed E-state index contributed by atoms with van der Waals surface area (Å²) in [6.07, 6.45) is 8.10. The van der Waals surface area contributed by atoms with E-state index in [0.717, 1.165) is 42.8 Å². The Labute approximate surface area is 138 Å². The molecule has 4 nitrogen and oxygen atoms in total. The molecule has 2 aromatic rings. The lowest BCUT2D eigenvalue weighted by Gasteiger charge is -2.23. The Morgan fingerprint density at radius 3 is 2.87 bits per heavy atom. The first-order chi connectivity index (χ1) is 11.2. The van der Waals surface area contributed by atoms with Crippen LogP contribution in [0, 0.1) is 6.92 Å². The molecule has 0 aliphatic carbocycles. The standard InChI is InChI=1S/C19H27N3O/c1-3-22-13-19(14(2)21-22)16-10-15(11-18(23)12-16)7-8-17-6-4-5-9-20-17/h10-13,17,20,23H,3-9H2,1-2H3/t17-/m1/s1. The molecule has 0 radical (unpaired) electrons. The van der Waals surface area contributed by atoms with Crippen LogP contribution >= 0.6 is 0 Å². The third-order valence-electron chi connectivity index (χ3n) is 4.75. The summed E-state index contributed by atoms with van der Waals surface area (Å²) < 4.78 is 1.94. The van der Waals surface area contributed by atoms with E-state index in [1.165, 1.54) is 24.8 Å². The van der Waals surface area contributed by atoms with E-state index in [4.69, 9.17) is 0 Å². The molecule has 2 heterocycles. The van der Waals surface area contributed by atoms with Crippen LogP contribution in [0.3, 0.4) is 0 Å². The second-order valence-corrected chi connectivity index (χ2v) is 6.56. The summed E-state index contributed by atoms with van der Waals surface area (Å²) in [6.45, 7) is 6.11. The summed E-state index contributed by atoms with van der Waals surface area (Å²) in [5.74, 6) is 0.345. The minimum Gasteiger partial charge on any atom is -0.508 e. The van der Waals surface area contributed by atoms with Gasteiger partial charge in [-0.25, -0.2) is 0 Å². The monoisotopic (exact) mass is 313 g/mol. The molecule has 1 aromatic heterocycles. The topological polar surface area (TPSA) is 50.1 Å². The lowest BCUT2D eigenvalue weighted by atomic mass is 9.96. The highest BCUT2D eigenvalue weighted by Gasteiger charge is 2.14. The summed E-state index contributed by atoms with van der Waals surface area (Å²) in [6, 6.07) is 6.56. The highest BCUT2D eigenvalue weighted by Crippen LogP contribution is 2.28. The van der Waals surface area contributed by atoms with Gasteiger partial charge in [0.15, 0.2) is 0 Å². The van der Waals surface area contributed by atoms with Crippen molar-refractivity contribution in [1.82, 2.24) is 15.1 Å². The molecular weight excluding hydrogens is 286 g/mol. The van der Waals surface area contributed by atoms with Crippen LogP contribution in [0.15, 0.2) is 24.4 Å². The minimum absolute atomic E-state index is 0.345. The normalized spacial score (nSPS) is 18.3. The van der Waals surface area contributed by atoms with E-state index in [-0.39, 0.29) is 0 Å². The van der Waals surface area contributed by atoms with Crippen LogP contribution in [0.2, 0.25) is 0 Å². The maximum Gasteiger partial charge on any atom is 0.116 e. The number of phenolic OH excluding ortho intramolecular Hbond substituents is 1. The predicted octanol–water partition coefficient (Wildman–Crippen LogP) is 3.66. The lowest BCUT2D eigenvalue weighted by molar-refractivity contribution is 0.382. The Morgan fingerprint density at radius 2 is 2.17 bits per heavy atom. The first-order valence-electron chi connectivity index (χ1n) is 8.76. The maximum absolute atomic E-state index is 10.1. The Hall–Kier alpha value is -1.81. The van der Waals surface area contributed by atoms with Gasteiger partial charge in [0.1, 0.15) is 5.75 Å². The van der Waals surface area contributed by atoms with Gasteiger partial charge in [0.05, 0.1) is 5.69 Å². The number of hydrogen-bond acceptors (Lipinski definition) is 3. The van der Waals surface area contributed by atoms with E-state index in [1.807, 2.05) is 23.7 Å². The molecule has 124 valence electrons. The van der Waals surface area contributed by atoms with Crippen molar-refractivity contribution < 1.29 is 5.11 Å². The summed E-state index contributed by atoms with van der Waals surface area (Å²) in [5.41, 5.74) is 4.39. The summed E-state index contributed by atoms with van der Waals surface area (Å²) in [5, 5.41) is 18.2. The Morgan fingerprint density at radius 1 is 1.30 bits per heavy atom. The molecule has 1 aromatic carbocycles. The quantitative estimate of drug-likeness (QED) is 0.885.